The topological polar surface area (TPSA) is 24.9 Å². The van der Waals surface area contributed by atoms with Crippen molar-refractivity contribution in [3.63, 3.8) is 0 Å². The van der Waals surface area contributed by atoms with E-state index in [4.69, 9.17) is 0 Å². The number of hydrogen-bond donors (Lipinski definition) is 1. The van der Waals surface area contributed by atoms with Gasteiger partial charge in [-0.05, 0) is 60.5 Å². The zero-order valence-electron chi connectivity index (χ0n) is 12.4. The van der Waals surface area contributed by atoms with Crippen molar-refractivity contribution < 1.29 is 0 Å². The van der Waals surface area contributed by atoms with Crippen molar-refractivity contribution in [2.45, 2.75) is 51.9 Å². The molecule has 0 atom stereocenters. The Balaban J connectivity index is 1.57. The third-order valence-corrected chi connectivity index (χ3v) is 4.60. The van der Waals surface area contributed by atoms with Crippen molar-refractivity contribution in [3.8, 4) is 0 Å². The van der Waals surface area contributed by atoms with Crippen molar-refractivity contribution in [2.75, 3.05) is 11.9 Å². The van der Waals surface area contributed by atoms with E-state index in [9.17, 15) is 0 Å². The Morgan fingerprint density at radius 3 is 2.21 bits per heavy atom. The van der Waals surface area contributed by atoms with Gasteiger partial charge in [-0.1, -0.05) is 26.8 Å². The average Bonchev–Trinajstić information content (AvgIpc) is 3.23. The molecule has 1 N–H and O–H groups in total. The molecular weight excluding hydrogens is 232 g/mol. The lowest BCUT2D eigenvalue weighted by atomic mass is 9.88. The van der Waals surface area contributed by atoms with E-state index in [0.29, 0.717) is 0 Å². The van der Waals surface area contributed by atoms with Crippen molar-refractivity contribution in [1.82, 2.24) is 4.98 Å². The van der Waals surface area contributed by atoms with E-state index in [0.717, 1.165) is 30.1 Å². The first-order valence-corrected chi connectivity index (χ1v) is 7.74. The van der Waals surface area contributed by atoms with Crippen LogP contribution < -0.4 is 5.32 Å². The lowest BCUT2D eigenvalue weighted by Gasteiger charge is -2.20. The Morgan fingerprint density at radius 2 is 1.79 bits per heavy atom. The van der Waals surface area contributed by atoms with Gasteiger partial charge in [0.15, 0.2) is 0 Å². The summed E-state index contributed by atoms with van der Waals surface area (Å²) in [5, 5.41) is 3.55. The second-order valence-electron chi connectivity index (χ2n) is 7.40. The molecule has 19 heavy (non-hydrogen) atoms. The maximum Gasteiger partial charge on any atom is 0.125 e. The Hall–Kier alpha value is -1.05. The summed E-state index contributed by atoms with van der Waals surface area (Å²) in [5.74, 6) is 3.96. The van der Waals surface area contributed by atoms with Crippen LogP contribution in [0.15, 0.2) is 18.3 Å². The predicted molar refractivity (Wildman–Crippen MR) is 80.4 cm³/mol. The quantitative estimate of drug-likeness (QED) is 0.855. The third kappa shape index (κ3) is 3.29. The zero-order chi connectivity index (χ0) is 13.5. The second kappa shape index (κ2) is 4.81. The molecule has 2 aliphatic rings. The highest BCUT2D eigenvalue weighted by molar-refractivity contribution is 5.37. The van der Waals surface area contributed by atoms with Crippen LogP contribution in [0.3, 0.4) is 0 Å². The summed E-state index contributed by atoms with van der Waals surface area (Å²) in [4.78, 5) is 4.57. The third-order valence-electron chi connectivity index (χ3n) is 4.60. The molecule has 2 heteroatoms. The van der Waals surface area contributed by atoms with Gasteiger partial charge in [0.25, 0.3) is 0 Å². The molecule has 104 valence electrons. The predicted octanol–water partition coefficient (Wildman–Crippen LogP) is 4.23. The molecule has 0 spiro atoms. The van der Waals surface area contributed by atoms with E-state index in [1.807, 2.05) is 6.20 Å². The van der Waals surface area contributed by atoms with E-state index in [1.54, 1.807) is 0 Å². The summed E-state index contributed by atoms with van der Waals surface area (Å²) in [6.45, 7) is 7.81. The molecule has 2 aliphatic carbocycles. The molecule has 1 aromatic heterocycles. The summed E-state index contributed by atoms with van der Waals surface area (Å²) in [6, 6.07) is 4.34. The van der Waals surface area contributed by atoms with Crippen LogP contribution in [0.25, 0.3) is 0 Å². The van der Waals surface area contributed by atoms with Gasteiger partial charge in [-0.2, -0.15) is 0 Å². The first-order valence-electron chi connectivity index (χ1n) is 7.74. The fraction of sp³-hybridized carbons (Fsp3) is 0.706. The van der Waals surface area contributed by atoms with Crippen molar-refractivity contribution in [2.24, 2.45) is 17.8 Å². The summed E-state index contributed by atoms with van der Waals surface area (Å²) >= 11 is 0. The Kier molecular flexibility index (Phi) is 3.28. The van der Waals surface area contributed by atoms with Gasteiger partial charge < -0.3 is 5.32 Å². The lowest BCUT2D eigenvalue weighted by Crippen LogP contribution is -2.19. The van der Waals surface area contributed by atoms with Crippen LogP contribution in [0, 0.1) is 17.8 Å². The van der Waals surface area contributed by atoms with Crippen LogP contribution in [0.5, 0.6) is 0 Å². The van der Waals surface area contributed by atoms with Crippen molar-refractivity contribution in [3.05, 3.63) is 23.9 Å². The first-order chi connectivity index (χ1) is 9.04. The smallest absolute Gasteiger partial charge is 0.125 e. The van der Waals surface area contributed by atoms with Gasteiger partial charge in [0, 0.05) is 12.7 Å². The van der Waals surface area contributed by atoms with Gasteiger partial charge in [0.1, 0.15) is 5.82 Å². The van der Waals surface area contributed by atoms with Gasteiger partial charge in [0.05, 0.1) is 0 Å². The second-order valence-corrected chi connectivity index (χ2v) is 7.40. The normalized spacial score (nSPS) is 19.8. The number of nitrogens with one attached hydrogen (secondary N) is 1. The number of hydrogen-bond acceptors (Lipinski definition) is 2. The largest absolute Gasteiger partial charge is 0.370 e. The molecule has 0 aromatic carbocycles. The molecular formula is C17H26N2. The van der Waals surface area contributed by atoms with Gasteiger partial charge in [0.2, 0.25) is 0 Å². The number of nitrogens with zero attached hydrogens (tertiary/aromatic N) is 1. The van der Waals surface area contributed by atoms with Gasteiger partial charge in [-0.25, -0.2) is 4.98 Å². The molecule has 2 nitrogen and oxygen atoms in total. The molecule has 3 rings (SSSR count). The van der Waals surface area contributed by atoms with Crippen LogP contribution >= 0.6 is 0 Å². The van der Waals surface area contributed by atoms with E-state index < -0.39 is 0 Å². The molecule has 0 radical (unpaired) electrons. The maximum atomic E-state index is 4.57. The maximum absolute atomic E-state index is 4.57. The fourth-order valence-electron chi connectivity index (χ4n) is 2.93. The fourth-order valence-corrected chi connectivity index (χ4v) is 2.93. The van der Waals surface area contributed by atoms with Crippen LogP contribution in [0.1, 0.15) is 52.0 Å². The highest BCUT2D eigenvalue weighted by Crippen LogP contribution is 2.49. The van der Waals surface area contributed by atoms with Crippen molar-refractivity contribution in [1.29, 1.82) is 0 Å². The molecule has 0 saturated heterocycles. The Bertz CT molecular complexity index is 410. The Labute approximate surface area is 117 Å². The number of aromatic nitrogens is 1. The summed E-state index contributed by atoms with van der Waals surface area (Å²) in [7, 11) is 0. The zero-order valence-corrected chi connectivity index (χ0v) is 12.4. The van der Waals surface area contributed by atoms with Crippen molar-refractivity contribution >= 4 is 5.82 Å². The number of rotatable bonds is 5. The molecule has 0 unspecified atom stereocenters. The molecule has 0 bridgehead atoms. The van der Waals surface area contributed by atoms with Crippen LogP contribution in [-0.2, 0) is 5.41 Å². The van der Waals surface area contributed by atoms with Gasteiger partial charge >= 0.3 is 0 Å². The van der Waals surface area contributed by atoms with E-state index in [-0.39, 0.29) is 5.41 Å². The minimum Gasteiger partial charge on any atom is -0.370 e. The van der Waals surface area contributed by atoms with Gasteiger partial charge in [-0.3, -0.25) is 0 Å². The molecule has 2 saturated carbocycles. The van der Waals surface area contributed by atoms with E-state index in [1.165, 1.54) is 31.2 Å². The monoisotopic (exact) mass is 258 g/mol. The highest BCUT2D eigenvalue weighted by atomic mass is 15.0. The number of anilines is 1. The molecule has 2 fully saturated rings. The van der Waals surface area contributed by atoms with Crippen LogP contribution in [-0.4, -0.2) is 11.5 Å². The van der Waals surface area contributed by atoms with Gasteiger partial charge in [-0.15, -0.1) is 0 Å². The molecule has 1 heterocycles. The molecule has 1 aromatic rings. The highest BCUT2D eigenvalue weighted by Gasteiger charge is 2.40. The standard InChI is InChI=1S/C17H26N2/c1-17(2,3)14-8-9-16(18-10-14)19-11-15(12-4-5-12)13-6-7-13/h8-10,12-13,15H,4-7,11H2,1-3H3,(H,18,19). The van der Waals surface area contributed by atoms with E-state index in [2.05, 4.69) is 43.2 Å². The lowest BCUT2D eigenvalue weighted by molar-refractivity contribution is 0.427. The Morgan fingerprint density at radius 1 is 1.16 bits per heavy atom. The van der Waals surface area contributed by atoms with Crippen LogP contribution in [0.2, 0.25) is 0 Å². The van der Waals surface area contributed by atoms with Crippen LogP contribution in [0.4, 0.5) is 5.82 Å². The summed E-state index contributed by atoms with van der Waals surface area (Å²) in [5.41, 5.74) is 1.50. The SMILES string of the molecule is CC(C)(C)c1ccc(NCC(C2CC2)C2CC2)nc1. The number of pyridine rings is 1. The minimum absolute atomic E-state index is 0.191. The summed E-state index contributed by atoms with van der Waals surface area (Å²) in [6.07, 6.45) is 7.85. The first kappa shape index (κ1) is 13.0. The molecule has 0 aliphatic heterocycles. The summed E-state index contributed by atoms with van der Waals surface area (Å²) < 4.78 is 0. The average molecular weight is 258 g/mol. The minimum atomic E-state index is 0.191. The molecule has 0 amide bonds. The van der Waals surface area contributed by atoms with E-state index >= 15 is 0 Å².